The Morgan fingerprint density at radius 2 is 1.76 bits per heavy atom. The highest BCUT2D eigenvalue weighted by Gasteiger charge is 2.26. The van der Waals surface area contributed by atoms with Crippen LogP contribution >= 0.6 is 11.6 Å². The third-order valence-corrected chi connectivity index (χ3v) is 6.10. The van der Waals surface area contributed by atoms with Crippen LogP contribution in [0.2, 0.25) is 5.02 Å². The Morgan fingerprint density at radius 1 is 1.06 bits per heavy atom. The Morgan fingerprint density at radius 3 is 2.42 bits per heavy atom. The lowest BCUT2D eigenvalue weighted by atomic mass is 10.0. The zero-order chi connectivity index (χ0) is 23.5. The Bertz CT molecular complexity index is 1190. The van der Waals surface area contributed by atoms with Crippen molar-refractivity contribution in [2.75, 3.05) is 31.1 Å². The van der Waals surface area contributed by atoms with Crippen LogP contribution in [-0.4, -0.2) is 51.9 Å². The molecule has 0 aliphatic carbocycles. The monoisotopic (exact) mass is 465 g/mol. The maximum atomic E-state index is 13.0. The van der Waals surface area contributed by atoms with Crippen molar-refractivity contribution in [3.8, 4) is 0 Å². The van der Waals surface area contributed by atoms with Crippen LogP contribution in [0, 0.1) is 24.0 Å². The molecule has 1 amide bonds. The van der Waals surface area contributed by atoms with Crippen molar-refractivity contribution in [1.82, 2.24) is 14.9 Å². The van der Waals surface area contributed by atoms with Crippen LogP contribution < -0.4 is 4.90 Å². The van der Waals surface area contributed by atoms with Crippen molar-refractivity contribution in [3.05, 3.63) is 91.9 Å². The number of nitro groups is 1. The van der Waals surface area contributed by atoms with Crippen molar-refractivity contribution < 1.29 is 9.72 Å². The Balaban J connectivity index is 1.52. The summed E-state index contributed by atoms with van der Waals surface area (Å²) in [6.07, 6.45) is 0.732. The highest BCUT2D eigenvalue weighted by molar-refractivity contribution is 6.32. The number of carbonyl (C=O) groups excluding carboxylic acids is 1. The van der Waals surface area contributed by atoms with Crippen LogP contribution in [0.4, 0.5) is 11.5 Å². The third-order valence-electron chi connectivity index (χ3n) is 5.78. The van der Waals surface area contributed by atoms with Crippen molar-refractivity contribution in [2.24, 2.45) is 0 Å². The van der Waals surface area contributed by atoms with Gasteiger partial charge in [-0.1, -0.05) is 41.9 Å². The van der Waals surface area contributed by atoms with E-state index in [1.54, 1.807) is 4.90 Å². The standard InChI is InChI=1S/C24H24ClN5O3/c1-16-20(14-18-6-4-3-5-7-18)23(27-17(2)26-16)28-10-12-29(13-11-28)24(31)19-8-9-21(25)22(15-19)30(32)33/h3-9,15H,10-14H2,1-2H3. The minimum atomic E-state index is -0.578. The highest BCUT2D eigenvalue weighted by atomic mass is 35.5. The van der Waals surface area contributed by atoms with E-state index >= 15 is 0 Å². The van der Waals surface area contributed by atoms with Crippen LogP contribution in [0.3, 0.4) is 0 Å². The summed E-state index contributed by atoms with van der Waals surface area (Å²) in [6, 6.07) is 14.4. The van der Waals surface area contributed by atoms with Crippen LogP contribution in [0.5, 0.6) is 0 Å². The molecule has 0 radical (unpaired) electrons. The molecule has 0 spiro atoms. The van der Waals surface area contributed by atoms with E-state index in [4.69, 9.17) is 16.6 Å². The third kappa shape index (κ3) is 4.96. The molecular weight excluding hydrogens is 442 g/mol. The maximum absolute atomic E-state index is 13.0. The number of nitro benzene ring substituents is 1. The second kappa shape index (κ2) is 9.54. The molecule has 9 heteroatoms. The van der Waals surface area contributed by atoms with E-state index in [0.717, 1.165) is 23.5 Å². The van der Waals surface area contributed by atoms with Gasteiger partial charge in [0.1, 0.15) is 16.7 Å². The van der Waals surface area contributed by atoms with Gasteiger partial charge in [0.05, 0.1) is 4.92 Å². The molecule has 33 heavy (non-hydrogen) atoms. The van der Waals surface area contributed by atoms with Gasteiger partial charge in [-0.15, -0.1) is 0 Å². The number of hydrogen-bond acceptors (Lipinski definition) is 6. The lowest BCUT2D eigenvalue weighted by Crippen LogP contribution is -2.49. The minimum Gasteiger partial charge on any atom is -0.353 e. The van der Waals surface area contributed by atoms with Gasteiger partial charge in [0, 0.05) is 55.5 Å². The summed E-state index contributed by atoms with van der Waals surface area (Å²) >= 11 is 5.88. The molecule has 1 aliphatic rings. The largest absolute Gasteiger partial charge is 0.353 e. The highest BCUT2D eigenvalue weighted by Crippen LogP contribution is 2.27. The number of aromatic nitrogens is 2. The molecule has 0 atom stereocenters. The van der Waals surface area contributed by atoms with Crippen LogP contribution in [0.1, 0.15) is 33.0 Å². The number of hydrogen-bond donors (Lipinski definition) is 0. The van der Waals surface area contributed by atoms with Gasteiger partial charge >= 0.3 is 0 Å². The van der Waals surface area contributed by atoms with Gasteiger partial charge in [-0.2, -0.15) is 0 Å². The quantitative estimate of drug-likeness (QED) is 0.414. The van der Waals surface area contributed by atoms with Crippen molar-refractivity contribution in [2.45, 2.75) is 20.3 Å². The van der Waals surface area contributed by atoms with Gasteiger partial charge in [-0.25, -0.2) is 9.97 Å². The molecule has 0 unspecified atom stereocenters. The number of nitrogens with zero attached hydrogens (tertiary/aromatic N) is 5. The van der Waals surface area contributed by atoms with Crippen molar-refractivity contribution in [3.63, 3.8) is 0 Å². The SMILES string of the molecule is Cc1nc(C)c(Cc2ccccc2)c(N2CCN(C(=O)c3ccc(Cl)c([N+](=O)[O-])c3)CC2)n1. The topological polar surface area (TPSA) is 92.5 Å². The summed E-state index contributed by atoms with van der Waals surface area (Å²) < 4.78 is 0. The lowest BCUT2D eigenvalue weighted by molar-refractivity contribution is -0.384. The molecule has 0 bridgehead atoms. The summed E-state index contributed by atoms with van der Waals surface area (Å²) in [5, 5.41) is 11.2. The molecule has 8 nitrogen and oxygen atoms in total. The first-order chi connectivity index (χ1) is 15.8. The minimum absolute atomic E-state index is 0.0156. The molecule has 4 rings (SSSR count). The molecular formula is C24H24ClN5O3. The predicted octanol–water partition coefficient (Wildman–Crippen LogP) is 4.21. The summed E-state index contributed by atoms with van der Waals surface area (Å²) in [5.74, 6) is 1.37. The van der Waals surface area contributed by atoms with Gasteiger partial charge in [-0.05, 0) is 31.5 Å². The zero-order valence-electron chi connectivity index (χ0n) is 18.5. The first-order valence-corrected chi connectivity index (χ1v) is 11.1. The fourth-order valence-corrected chi connectivity index (χ4v) is 4.26. The fourth-order valence-electron chi connectivity index (χ4n) is 4.08. The molecule has 3 aromatic rings. The number of amides is 1. The van der Waals surface area contributed by atoms with Gasteiger partial charge < -0.3 is 9.80 Å². The van der Waals surface area contributed by atoms with E-state index in [1.165, 1.54) is 23.8 Å². The Kier molecular flexibility index (Phi) is 6.55. The molecule has 1 aliphatic heterocycles. The second-order valence-corrected chi connectivity index (χ2v) is 8.43. The number of piperazine rings is 1. The van der Waals surface area contributed by atoms with E-state index in [1.807, 2.05) is 32.0 Å². The summed E-state index contributed by atoms with van der Waals surface area (Å²) in [4.78, 5) is 36.8. The molecule has 1 saturated heterocycles. The van der Waals surface area contributed by atoms with E-state index in [0.29, 0.717) is 32.0 Å². The van der Waals surface area contributed by atoms with Gasteiger partial charge in [0.15, 0.2) is 0 Å². The van der Waals surface area contributed by atoms with Gasteiger partial charge in [0.2, 0.25) is 0 Å². The molecule has 170 valence electrons. The second-order valence-electron chi connectivity index (χ2n) is 8.02. The predicted molar refractivity (Wildman–Crippen MR) is 127 cm³/mol. The molecule has 2 heterocycles. The smallest absolute Gasteiger partial charge is 0.288 e. The first kappa shape index (κ1) is 22.7. The average molecular weight is 466 g/mol. The lowest BCUT2D eigenvalue weighted by Gasteiger charge is -2.36. The Hall–Kier alpha value is -3.52. The number of aryl methyl sites for hydroxylation is 2. The van der Waals surface area contributed by atoms with Crippen molar-refractivity contribution in [1.29, 1.82) is 0 Å². The van der Waals surface area contributed by atoms with Gasteiger partial charge in [-0.3, -0.25) is 14.9 Å². The van der Waals surface area contributed by atoms with E-state index in [2.05, 4.69) is 22.0 Å². The summed E-state index contributed by atoms with van der Waals surface area (Å²) in [6.45, 7) is 6.09. The molecule has 0 saturated carbocycles. The van der Waals surface area contributed by atoms with Gasteiger partial charge in [0.25, 0.3) is 11.6 Å². The van der Waals surface area contributed by atoms with E-state index < -0.39 is 4.92 Å². The van der Waals surface area contributed by atoms with E-state index in [9.17, 15) is 14.9 Å². The van der Waals surface area contributed by atoms with Crippen LogP contribution in [-0.2, 0) is 6.42 Å². The molecule has 0 N–H and O–H groups in total. The fraction of sp³-hybridized carbons (Fsp3) is 0.292. The van der Waals surface area contributed by atoms with Crippen LogP contribution in [0.15, 0.2) is 48.5 Å². The van der Waals surface area contributed by atoms with E-state index in [-0.39, 0.29) is 22.2 Å². The number of anilines is 1. The number of rotatable bonds is 5. The zero-order valence-corrected chi connectivity index (χ0v) is 19.2. The van der Waals surface area contributed by atoms with Crippen molar-refractivity contribution >= 4 is 29.0 Å². The Labute approximate surface area is 197 Å². The number of halogens is 1. The molecule has 1 aromatic heterocycles. The molecule has 1 fully saturated rings. The molecule has 2 aromatic carbocycles. The number of benzene rings is 2. The first-order valence-electron chi connectivity index (χ1n) is 10.7. The maximum Gasteiger partial charge on any atom is 0.288 e. The average Bonchev–Trinajstić information content (AvgIpc) is 2.81. The summed E-state index contributed by atoms with van der Waals surface area (Å²) in [7, 11) is 0. The number of carbonyl (C=O) groups is 1. The summed E-state index contributed by atoms with van der Waals surface area (Å²) in [5.41, 5.74) is 3.22. The van der Waals surface area contributed by atoms with Crippen LogP contribution in [0.25, 0.3) is 0 Å². The normalized spacial score (nSPS) is 13.8.